The summed E-state index contributed by atoms with van der Waals surface area (Å²) >= 11 is 6.38. The van der Waals surface area contributed by atoms with Gasteiger partial charge in [-0.2, -0.15) is 0 Å². The third-order valence-corrected chi connectivity index (χ3v) is 4.80. The average Bonchev–Trinajstić information content (AvgIpc) is 2.70. The molecule has 1 amide bonds. The lowest BCUT2D eigenvalue weighted by molar-refractivity contribution is 0.102. The highest BCUT2D eigenvalue weighted by molar-refractivity contribution is 6.35. The first-order valence-electron chi connectivity index (χ1n) is 8.65. The first kappa shape index (κ1) is 17.3. The second kappa shape index (κ2) is 7.22. The molecule has 1 N–H and O–H groups in total. The van der Waals surface area contributed by atoms with Gasteiger partial charge in [0.25, 0.3) is 5.91 Å². The fourth-order valence-electron chi connectivity index (χ4n) is 3.06. The number of halogens is 1. The molecular weight excluding hydrogens is 356 g/mol. The molecule has 0 bridgehead atoms. The molecule has 4 heteroatoms. The zero-order valence-corrected chi connectivity index (χ0v) is 15.5. The summed E-state index contributed by atoms with van der Waals surface area (Å²) in [5, 5.41) is 4.26. The van der Waals surface area contributed by atoms with Crippen LogP contribution in [0.25, 0.3) is 22.2 Å². The largest absolute Gasteiger partial charge is 0.322 e. The number of rotatable bonds is 3. The van der Waals surface area contributed by atoms with Crippen LogP contribution in [-0.2, 0) is 0 Å². The molecular formula is C23H17ClN2O. The summed E-state index contributed by atoms with van der Waals surface area (Å²) in [6, 6.07) is 24.8. The van der Waals surface area contributed by atoms with Crippen LogP contribution >= 0.6 is 11.6 Å². The molecule has 132 valence electrons. The van der Waals surface area contributed by atoms with E-state index in [1.165, 1.54) is 0 Å². The van der Waals surface area contributed by atoms with Gasteiger partial charge in [0.05, 0.1) is 21.8 Å². The first-order valence-corrected chi connectivity index (χ1v) is 9.03. The minimum Gasteiger partial charge on any atom is -0.322 e. The number of para-hydroxylation sites is 2. The quantitative estimate of drug-likeness (QED) is 0.471. The van der Waals surface area contributed by atoms with E-state index >= 15 is 0 Å². The molecule has 0 saturated heterocycles. The molecule has 0 aliphatic heterocycles. The number of aryl methyl sites for hydroxylation is 1. The molecule has 0 spiro atoms. The molecule has 3 nitrogen and oxygen atoms in total. The molecule has 3 aromatic carbocycles. The lowest BCUT2D eigenvalue weighted by Gasteiger charge is -2.12. The summed E-state index contributed by atoms with van der Waals surface area (Å²) in [5.74, 6) is -0.184. The summed E-state index contributed by atoms with van der Waals surface area (Å²) in [6.07, 6.45) is 0. The predicted molar refractivity (Wildman–Crippen MR) is 111 cm³/mol. The summed E-state index contributed by atoms with van der Waals surface area (Å²) in [4.78, 5) is 17.8. The third-order valence-electron chi connectivity index (χ3n) is 4.50. The molecule has 27 heavy (non-hydrogen) atoms. The van der Waals surface area contributed by atoms with Gasteiger partial charge in [0, 0.05) is 16.6 Å². The standard InChI is InChI=1S/C23H17ClN2O/c1-15-8-5-6-13-20(15)26-23(27)18-14-21(16-9-3-2-4-10-16)25-22-17(18)11-7-12-19(22)24/h2-14H,1H3,(H,26,27). The summed E-state index contributed by atoms with van der Waals surface area (Å²) in [5.41, 5.74) is 4.61. The number of amides is 1. The Balaban J connectivity index is 1.87. The number of aromatic nitrogens is 1. The number of anilines is 1. The van der Waals surface area contributed by atoms with E-state index in [0.29, 0.717) is 21.8 Å². The number of fused-ring (bicyclic) bond motifs is 1. The number of hydrogen-bond donors (Lipinski definition) is 1. The first-order chi connectivity index (χ1) is 13.1. The lowest BCUT2D eigenvalue weighted by atomic mass is 10.0. The van der Waals surface area contributed by atoms with Gasteiger partial charge >= 0.3 is 0 Å². The van der Waals surface area contributed by atoms with E-state index in [4.69, 9.17) is 16.6 Å². The number of carbonyl (C=O) groups excluding carboxylic acids is 1. The Morgan fingerprint density at radius 3 is 2.44 bits per heavy atom. The van der Waals surface area contributed by atoms with E-state index in [-0.39, 0.29) is 5.91 Å². The van der Waals surface area contributed by atoms with E-state index < -0.39 is 0 Å². The number of benzene rings is 3. The van der Waals surface area contributed by atoms with Gasteiger partial charge in [0.15, 0.2) is 0 Å². The van der Waals surface area contributed by atoms with Crippen molar-refractivity contribution in [1.82, 2.24) is 4.98 Å². The van der Waals surface area contributed by atoms with E-state index in [2.05, 4.69) is 5.32 Å². The Kier molecular flexibility index (Phi) is 4.61. The van der Waals surface area contributed by atoms with Crippen LogP contribution in [0.1, 0.15) is 15.9 Å². The Morgan fingerprint density at radius 1 is 0.926 bits per heavy atom. The minimum atomic E-state index is -0.184. The summed E-state index contributed by atoms with van der Waals surface area (Å²) in [6.45, 7) is 1.96. The van der Waals surface area contributed by atoms with Crippen molar-refractivity contribution in [3.63, 3.8) is 0 Å². The third kappa shape index (κ3) is 3.42. The van der Waals surface area contributed by atoms with Crippen LogP contribution in [0, 0.1) is 6.92 Å². The minimum absolute atomic E-state index is 0.184. The highest BCUT2D eigenvalue weighted by Gasteiger charge is 2.16. The van der Waals surface area contributed by atoms with Crippen molar-refractivity contribution in [2.24, 2.45) is 0 Å². The Hall–Kier alpha value is -3.17. The van der Waals surface area contributed by atoms with Crippen molar-refractivity contribution < 1.29 is 4.79 Å². The van der Waals surface area contributed by atoms with Crippen LogP contribution < -0.4 is 5.32 Å². The maximum absolute atomic E-state index is 13.1. The highest BCUT2D eigenvalue weighted by Crippen LogP contribution is 2.29. The summed E-state index contributed by atoms with van der Waals surface area (Å²) < 4.78 is 0. The van der Waals surface area contributed by atoms with Crippen LogP contribution in [0.2, 0.25) is 5.02 Å². The van der Waals surface area contributed by atoms with E-state index in [0.717, 1.165) is 22.2 Å². The number of hydrogen-bond acceptors (Lipinski definition) is 2. The Labute approximate surface area is 162 Å². The molecule has 0 saturated carbocycles. The van der Waals surface area contributed by atoms with Gasteiger partial charge in [-0.3, -0.25) is 4.79 Å². The molecule has 4 rings (SSSR count). The molecule has 0 unspecified atom stereocenters. The Morgan fingerprint density at radius 2 is 1.67 bits per heavy atom. The summed E-state index contributed by atoms with van der Waals surface area (Å²) in [7, 11) is 0. The van der Waals surface area contributed by atoms with E-state index in [1.54, 1.807) is 6.07 Å². The van der Waals surface area contributed by atoms with Crippen molar-refractivity contribution in [2.75, 3.05) is 5.32 Å². The molecule has 1 aromatic heterocycles. The van der Waals surface area contributed by atoms with Crippen LogP contribution in [0.15, 0.2) is 78.9 Å². The van der Waals surface area contributed by atoms with Crippen molar-refractivity contribution in [3.8, 4) is 11.3 Å². The van der Waals surface area contributed by atoms with Gasteiger partial charge in [-0.15, -0.1) is 0 Å². The Bertz CT molecular complexity index is 1140. The maximum atomic E-state index is 13.1. The molecule has 0 fully saturated rings. The molecule has 0 radical (unpaired) electrons. The SMILES string of the molecule is Cc1ccccc1NC(=O)c1cc(-c2ccccc2)nc2c(Cl)cccc12. The van der Waals surface area contributed by atoms with Gasteiger partial charge in [-0.25, -0.2) is 4.98 Å². The van der Waals surface area contributed by atoms with Crippen molar-refractivity contribution in [3.05, 3.63) is 95.0 Å². The van der Waals surface area contributed by atoms with Crippen molar-refractivity contribution >= 4 is 34.1 Å². The zero-order valence-electron chi connectivity index (χ0n) is 14.7. The van der Waals surface area contributed by atoms with Crippen molar-refractivity contribution in [1.29, 1.82) is 0 Å². The number of carbonyl (C=O) groups is 1. The van der Waals surface area contributed by atoms with Gasteiger partial charge in [-0.1, -0.05) is 72.3 Å². The highest BCUT2D eigenvalue weighted by atomic mass is 35.5. The second-order valence-corrected chi connectivity index (χ2v) is 6.73. The zero-order chi connectivity index (χ0) is 18.8. The second-order valence-electron chi connectivity index (χ2n) is 6.33. The maximum Gasteiger partial charge on any atom is 0.256 e. The van der Waals surface area contributed by atoms with Crippen LogP contribution in [0.4, 0.5) is 5.69 Å². The number of pyridine rings is 1. The van der Waals surface area contributed by atoms with Crippen molar-refractivity contribution in [2.45, 2.75) is 6.92 Å². The lowest BCUT2D eigenvalue weighted by Crippen LogP contribution is -2.14. The molecule has 0 atom stereocenters. The molecule has 4 aromatic rings. The molecule has 0 aliphatic carbocycles. The molecule has 0 aliphatic rings. The monoisotopic (exact) mass is 372 g/mol. The fourth-order valence-corrected chi connectivity index (χ4v) is 3.28. The van der Waals surface area contributed by atoms with Gasteiger partial charge < -0.3 is 5.32 Å². The smallest absolute Gasteiger partial charge is 0.256 e. The van der Waals surface area contributed by atoms with E-state index in [1.807, 2.05) is 79.7 Å². The fraction of sp³-hybridized carbons (Fsp3) is 0.0435. The van der Waals surface area contributed by atoms with E-state index in [9.17, 15) is 4.79 Å². The van der Waals surface area contributed by atoms with Gasteiger partial charge in [-0.05, 0) is 30.7 Å². The molecule has 1 heterocycles. The van der Waals surface area contributed by atoms with Gasteiger partial charge in [0.2, 0.25) is 0 Å². The van der Waals surface area contributed by atoms with Crippen LogP contribution in [0.3, 0.4) is 0 Å². The predicted octanol–water partition coefficient (Wildman–Crippen LogP) is 6.12. The van der Waals surface area contributed by atoms with Gasteiger partial charge in [0.1, 0.15) is 0 Å². The normalized spacial score (nSPS) is 10.7. The number of nitrogens with one attached hydrogen (secondary N) is 1. The van der Waals surface area contributed by atoms with Crippen LogP contribution in [0.5, 0.6) is 0 Å². The topological polar surface area (TPSA) is 42.0 Å². The average molecular weight is 373 g/mol. The number of nitrogens with zero attached hydrogens (tertiary/aromatic N) is 1. The van der Waals surface area contributed by atoms with Crippen LogP contribution in [-0.4, -0.2) is 10.9 Å².